The highest BCUT2D eigenvalue weighted by atomic mass is 19.4. The second kappa shape index (κ2) is 7.14. The molecular formula is C13H17F3N2O2. The van der Waals surface area contributed by atoms with Gasteiger partial charge < -0.3 is 15.7 Å². The lowest BCUT2D eigenvalue weighted by molar-refractivity contribution is -0.136. The minimum absolute atomic E-state index is 0.00136. The third-order valence-electron chi connectivity index (χ3n) is 2.71. The van der Waals surface area contributed by atoms with Crippen LogP contribution in [-0.2, 0) is 6.18 Å². The molecule has 0 bridgehead atoms. The fraction of sp³-hybridized carbons (Fsp3) is 0.462. The predicted octanol–water partition coefficient (Wildman–Crippen LogP) is 2.85. The van der Waals surface area contributed by atoms with Gasteiger partial charge in [0, 0.05) is 13.2 Å². The van der Waals surface area contributed by atoms with Crippen molar-refractivity contribution in [2.24, 2.45) is 5.92 Å². The zero-order valence-corrected chi connectivity index (χ0v) is 11.0. The fourth-order valence-corrected chi connectivity index (χ4v) is 1.60. The zero-order valence-electron chi connectivity index (χ0n) is 11.0. The summed E-state index contributed by atoms with van der Waals surface area (Å²) in [5.74, 6) is 0.0450. The smallest absolute Gasteiger partial charge is 0.396 e. The molecule has 112 valence electrons. The maximum absolute atomic E-state index is 12.7. The van der Waals surface area contributed by atoms with E-state index in [0.29, 0.717) is 6.42 Å². The zero-order chi connectivity index (χ0) is 15.2. The highest BCUT2D eigenvalue weighted by Gasteiger charge is 2.33. The molecule has 1 unspecified atom stereocenters. The molecule has 0 radical (unpaired) electrons. The van der Waals surface area contributed by atoms with Crippen LogP contribution < -0.4 is 10.6 Å². The largest absolute Gasteiger partial charge is 0.418 e. The van der Waals surface area contributed by atoms with Gasteiger partial charge in [-0.25, -0.2) is 4.79 Å². The number of anilines is 1. The maximum atomic E-state index is 12.7. The molecule has 1 atom stereocenters. The van der Waals surface area contributed by atoms with Crippen LogP contribution in [0.25, 0.3) is 0 Å². The van der Waals surface area contributed by atoms with Crippen molar-refractivity contribution in [1.82, 2.24) is 5.32 Å². The summed E-state index contributed by atoms with van der Waals surface area (Å²) in [6, 6.07) is 4.07. The van der Waals surface area contributed by atoms with Gasteiger partial charge in [-0.3, -0.25) is 0 Å². The standard InChI is InChI=1S/C13H17F3N2O2/c1-9(6-7-19)8-17-12(20)18-11-5-3-2-4-10(11)13(14,15)16/h2-5,9,19H,6-8H2,1H3,(H2,17,18,20). The molecule has 0 heterocycles. The average Bonchev–Trinajstić information content (AvgIpc) is 2.36. The summed E-state index contributed by atoms with van der Waals surface area (Å²) in [4.78, 5) is 11.5. The number of hydrogen-bond donors (Lipinski definition) is 3. The van der Waals surface area contributed by atoms with E-state index >= 15 is 0 Å². The van der Waals surface area contributed by atoms with Crippen molar-refractivity contribution >= 4 is 11.7 Å². The summed E-state index contributed by atoms with van der Waals surface area (Å²) in [5.41, 5.74) is -1.18. The van der Waals surface area contributed by atoms with Gasteiger partial charge in [-0.2, -0.15) is 13.2 Å². The first-order valence-electron chi connectivity index (χ1n) is 6.16. The molecule has 0 saturated carbocycles. The minimum Gasteiger partial charge on any atom is -0.396 e. The number of urea groups is 1. The molecule has 7 heteroatoms. The number of aliphatic hydroxyl groups excluding tert-OH is 1. The average molecular weight is 290 g/mol. The van der Waals surface area contributed by atoms with Crippen molar-refractivity contribution in [3.63, 3.8) is 0 Å². The number of nitrogens with one attached hydrogen (secondary N) is 2. The molecular weight excluding hydrogens is 273 g/mol. The third kappa shape index (κ3) is 5.08. The molecule has 1 aromatic rings. The van der Waals surface area contributed by atoms with Gasteiger partial charge in [0.2, 0.25) is 0 Å². The summed E-state index contributed by atoms with van der Waals surface area (Å²) in [6.45, 7) is 2.10. The first-order chi connectivity index (χ1) is 9.34. The van der Waals surface area contributed by atoms with Crippen LogP contribution in [0.15, 0.2) is 24.3 Å². The highest BCUT2D eigenvalue weighted by molar-refractivity contribution is 5.90. The summed E-state index contributed by atoms with van der Waals surface area (Å²) >= 11 is 0. The normalized spacial score (nSPS) is 12.8. The lowest BCUT2D eigenvalue weighted by Gasteiger charge is -2.15. The van der Waals surface area contributed by atoms with Gasteiger partial charge in [-0.05, 0) is 24.5 Å². The van der Waals surface area contributed by atoms with Crippen LogP contribution in [0, 0.1) is 5.92 Å². The van der Waals surface area contributed by atoms with Crippen LogP contribution in [0.1, 0.15) is 18.9 Å². The molecule has 1 rings (SSSR count). The van der Waals surface area contributed by atoms with Gasteiger partial charge in [0.05, 0.1) is 11.3 Å². The molecule has 0 saturated heterocycles. The number of rotatable bonds is 5. The Morgan fingerprint density at radius 3 is 2.60 bits per heavy atom. The number of amides is 2. The van der Waals surface area contributed by atoms with E-state index in [1.165, 1.54) is 18.2 Å². The van der Waals surface area contributed by atoms with Crippen LogP contribution in [0.5, 0.6) is 0 Å². The fourth-order valence-electron chi connectivity index (χ4n) is 1.60. The topological polar surface area (TPSA) is 61.4 Å². The highest BCUT2D eigenvalue weighted by Crippen LogP contribution is 2.34. The van der Waals surface area contributed by atoms with Crippen LogP contribution in [0.3, 0.4) is 0 Å². The summed E-state index contributed by atoms with van der Waals surface area (Å²) < 4.78 is 38.1. The Balaban J connectivity index is 2.63. The van der Waals surface area contributed by atoms with E-state index in [-0.39, 0.29) is 24.8 Å². The van der Waals surface area contributed by atoms with Crippen molar-refractivity contribution < 1.29 is 23.1 Å². The minimum atomic E-state index is -4.52. The van der Waals surface area contributed by atoms with E-state index in [1.807, 2.05) is 6.92 Å². The molecule has 0 aliphatic rings. The molecule has 4 nitrogen and oxygen atoms in total. The summed E-state index contributed by atoms with van der Waals surface area (Å²) in [7, 11) is 0. The Labute approximate surface area is 115 Å². The van der Waals surface area contributed by atoms with Crippen molar-refractivity contribution in [2.45, 2.75) is 19.5 Å². The third-order valence-corrected chi connectivity index (χ3v) is 2.71. The van der Waals surface area contributed by atoms with Gasteiger partial charge in [0.25, 0.3) is 0 Å². The van der Waals surface area contributed by atoms with E-state index < -0.39 is 17.8 Å². The monoisotopic (exact) mass is 290 g/mol. The van der Waals surface area contributed by atoms with Crippen LogP contribution in [0.2, 0.25) is 0 Å². The number of hydrogen-bond acceptors (Lipinski definition) is 2. The van der Waals surface area contributed by atoms with Crippen molar-refractivity contribution in [3.05, 3.63) is 29.8 Å². The van der Waals surface area contributed by atoms with Gasteiger partial charge in [-0.1, -0.05) is 19.1 Å². The van der Waals surface area contributed by atoms with Crippen LogP contribution >= 0.6 is 0 Å². The Hall–Kier alpha value is -1.76. The second-order valence-electron chi connectivity index (χ2n) is 4.50. The molecule has 0 aliphatic heterocycles. The maximum Gasteiger partial charge on any atom is 0.418 e. The number of benzene rings is 1. The summed E-state index contributed by atoms with van der Waals surface area (Å²) in [6.07, 6.45) is -4.01. The predicted molar refractivity (Wildman–Crippen MR) is 69.3 cm³/mol. The van der Waals surface area contributed by atoms with E-state index in [0.717, 1.165) is 6.07 Å². The molecule has 0 spiro atoms. The van der Waals surface area contributed by atoms with Gasteiger partial charge in [-0.15, -0.1) is 0 Å². The quantitative estimate of drug-likeness (QED) is 0.781. The van der Waals surface area contributed by atoms with Crippen molar-refractivity contribution in [3.8, 4) is 0 Å². The number of alkyl halides is 3. The second-order valence-corrected chi connectivity index (χ2v) is 4.50. The molecule has 3 N–H and O–H groups in total. The Morgan fingerprint density at radius 2 is 2.00 bits per heavy atom. The molecule has 1 aromatic carbocycles. The van der Waals surface area contributed by atoms with Crippen LogP contribution in [0.4, 0.5) is 23.7 Å². The Bertz CT molecular complexity index is 449. The Kier molecular flexibility index (Phi) is 5.82. The van der Waals surface area contributed by atoms with E-state index in [4.69, 9.17) is 5.11 Å². The van der Waals surface area contributed by atoms with Gasteiger partial charge in [0.1, 0.15) is 0 Å². The lowest BCUT2D eigenvalue weighted by atomic mass is 10.1. The first kappa shape index (κ1) is 16.3. The molecule has 0 aromatic heterocycles. The van der Waals surface area contributed by atoms with E-state index in [1.54, 1.807) is 0 Å². The molecule has 2 amide bonds. The number of carbonyl (C=O) groups excluding carboxylic acids is 1. The molecule has 0 fully saturated rings. The first-order valence-corrected chi connectivity index (χ1v) is 6.16. The summed E-state index contributed by atoms with van der Waals surface area (Å²) in [5, 5.41) is 13.4. The van der Waals surface area contributed by atoms with E-state index in [2.05, 4.69) is 10.6 Å². The number of carbonyl (C=O) groups is 1. The number of para-hydroxylation sites is 1. The van der Waals surface area contributed by atoms with Crippen LogP contribution in [-0.4, -0.2) is 24.3 Å². The SMILES string of the molecule is CC(CCO)CNC(=O)Nc1ccccc1C(F)(F)F. The lowest BCUT2D eigenvalue weighted by Crippen LogP contribution is -2.33. The number of aliphatic hydroxyl groups is 1. The van der Waals surface area contributed by atoms with Crippen molar-refractivity contribution in [1.29, 1.82) is 0 Å². The van der Waals surface area contributed by atoms with Gasteiger partial charge in [0.15, 0.2) is 0 Å². The van der Waals surface area contributed by atoms with E-state index in [9.17, 15) is 18.0 Å². The Morgan fingerprint density at radius 1 is 1.35 bits per heavy atom. The molecule has 0 aliphatic carbocycles. The van der Waals surface area contributed by atoms with Gasteiger partial charge >= 0.3 is 12.2 Å². The molecule has 20 heavy (non-hydrogen) atoms. The number of halogens is 3. The van der Waals surface area contributed by atoms with Crippen molar-refractivity contribution in [2.75, 3.05) is 18.5 Å².